The van der Waals surface area contributed by atoms with E-state index in [1.165, 1.54) is 5.56 Å². The van der Waals surface area contributed by atoms with Crippen LogP contribution in [0.1, 0.15) is 18.9 Å². The molecule has 0 amide bonds. The maximum atomic E-state index is 8.99. The maximum Gasteiger partial charge on any atom is 0.0521 e. The summed E-state index contributed by atoms with van der Waals surface area (Å²) in [7, 11) is 1.89. The van der Waals surface area contributed by atoms with E-state index in [4.69, 9.17) is 5.11 Å². The Morgan fingerprint density at radius 1 is 1.73 bits per heavy atom. The van der Waals surface area contributed by atoms with Gasteiger partial charge in [-0.2, -0.15) is 5.10 Å². The van der Waals surface area contributed by atoms with E-state index in [0.29, 0.717) is 0 Å². The molecule has 0 aliphatic heterocycles. The van der Waals surface area contributed by atoms with Crippen LogP contribution in [0.2, 0.25) is 0 Å². The molecule has 0 saturated carbocycles. The first-order valence-corrected chi connectivity index (χ1v) is 3.84. The highest BCUT2D eigenvalue weighted by Crippen LogP contribution is 2.02. The molecule has 0 saturated heterocycles. The van der Waals surface area contributed by atoms with Crippen LogP contribution in [0, 0.1) is 0 Å². The number of rotatable bonds is 3. The van der Waals surface area contributed by atoms with Gasteiger partial charge in [-0.1, -0.05) is 0 Å². The summed E-state index contributed by atoms with van der Waals surface area (Å²) in [5.74, 6) is 0. The van der Waals surface area contributed by atoms with Crippen molar-refractivity contribution in [3.8, 4) is 0 Å². The minimum Gasteiger partial charge on any atom is -0.393 e. The minimum atomic E-state index is -0.213. The average molecular weight is 154 g/mol. The van der Waals surface area contributed by atoms with Gasteiger partial charge in [0.05, 0.1) is 12.3 Å². The van der Waals surface area contributed by atoms with Crippen LogP contribution in [0.25, 0.3) is 0 Å². The number of aryl methyl sites for hydroxylation is 2. The molecule has 0 spiro atoms. The lowest BCUT2D eigenvalue weighted by Gasteiger charge is -1.99. The average Bonchev–Trinajstić information content (AvgIpc) is 2.31. The van der Waals surface area contributed by atoms with E-state index in [1.54, 1.807) is 11.6 Å². The molecule has 0 aromatic carbocycles. The van der Waals surface area contributed by atoms with Gasteiger partial charge in [-0.25, -0.2) is 0 Å². The van der Waals surface area contributed by atoms with Crippen LogP contribution in [0.5, 0.6) is 0 Å². The van der Waals surface area contributed by atoms with Crippen molar-refractivity contribution in [2.75, 3.05) is 0 Å². The molecule has 1 rings (SSSR count). The molecule has 1 aromatic rings. The third-order valence-corrected chi connectivity index (χ3v) is 1.61. The summed E-state index contributed by atoms with van der Waals surface area (Å²) in [5, 5.41) is 13.0. The van der Waals surface area contributed by atoms with Gasteiger partial charge in [-0.3, -0.25) is 4.68 Å². The number of nitrogens with zero attached hydrogens (tertiary/aromatic N) is 2. The van der Waals surface area contributed by atoms with E-state index in [-0.39, 0.29) is 6.10 Å². The third-order valence-electron chi connectivity index (χ3n) is 1.61. The molecule has 0 aliphatic rings. The largest absolute Gasteiger partial charge is 0.393 e. The van der Waals surface area contributed by atoms with Crippen molar-refractivity contribution in [3.63, 3.8) is 0 Å². The summed E-state index contributed by atoms with van der Waals surface area (Å²) in [4.78, 5) is 0. The van der Waals surface area contributed by atoms with E-state index >= 15 is 0 Å². The van der Waals surface area contributed by atoms with Gasteiger partial charge >= 0.3 is 0 Å². The topological polar surface area (TPSA) is 38.1 Å². The molecular formula is C8H14N2O. The van der Waals surface area contributed by atoms with Crippen molar-refractivity contribution in [2.45, 2.75) is 25.9 Å². The molecular weight excluding hydrogens is 140 g/mol. The Morgan fingerprint density at radius 2 is 2.45 bits per heavy atom. The molecule has 1 heterocycles. The Bertz CT molecular complexity index is 218. The number of hydrogen-bond acceptors (Lipinski definition) is 2. The maximum absolute atomic E-state index is 8.99. The van der Waals surface area contributed by atoms with E-state index in [0.717, 1.165) is 12.8 Å². The highest BCUT2D eigenvalue weighted by atomic mass is 16.3. The predicted molar refractivity (Wildman–Crippen MR) is 43.2 cm³/mol. The van der Waals surface area contributed by atoms with E-state index in [2.05, 4.69) is 5.10 Å². The Labute approximate surface area is 66.7 Å². The van der Waals surface area contributed by atoms with Gasteiger partial charge < -0.3 is 5.11 Å². The van der Waals surface area contributed by atoms with Gasteiger partial charge in [0.2, 0.25) is 0 Å². The third kappa shape index (κ3) is 2.72. The van der Waals surface area contributed by atoms with Gasteiger partial charge in [-0.05, 0) is 25.3 Å². The number of hydrogen-bond donors (Lipinski definition) is 1. The first-order chi connectivity index (χ1) is 5.18. The monoisotopic (exact) mass is 154 g/mol. The molecule has 0 bridgehead atoms. The highest BCUT2D eigenvalue weighted by molar-refractivity contribution is 5.03. The van der Waals surface area contributed by atoms with E-state index < -0.39 is 0 Å². The van der Waals surface area contributed by atoms with Gasteiger partial charge in [0.15, 0.2) is 0 Å². The van der Waals surface area contributed by atoms with E-state index in [9.17, 15) is 0 Å². The fourth-order valence-corrected chi connectivity index (χ4v) is 0.977. The summed E-state index contributed by atoms with van der Waals surface area (Å²) in [6.45, 7) is 1.80. The molecule has 1 aromatic heterocycles. The molecule has 0 unspecified atom stereocenters. The van der Waals surface area contributed by atoms with Gasteiger partial charge in [0.25, 0.3) is 0 Å². The normalized spacial score (nSPS) is 13.4. The van der Waals surface area contributed by atoms with Crippen LogP contribution >= 0.6 is 0 Å². The SMILES string of the molecule is C[C@@H](O)CCc1cnn(C)c1. The number of aliphatic hydroxyl groups is 1. The van der Waals surface area contributed by atoms with Gasteiger partial charge in [0, 0.05) is 13.2 Å². The fraction of sp³-hybridized carbons (Fsp3) is 0.625. The van der Waals surface area contributed by atoms with Gasteiger partial charge in [0.1, 0.15) is 0 Å². The van der Waals surface area contributed by atoms with Crippen LogP contribution in [0.15, 0.2) is 12.4 Å². The Kier molecular flexibility index (Phi) is 2.65. The van der Waals surface area contributed by atoms with Crippen LogP contribution in [0.4, 0.5) is 0 Å². The summed E-state index contributed by atoms with van der Waals surface area (Å²) in [6.07, 6.45) is 5.32. The zero-order chi connectivity index (χ0) is 8.27. The standard InChI is InChI=1S/C8H14N2O/c1-7(11)3-4-8-5-9-10(2)6-8/h5-7,11H,3-4H2,1-2H3/t7-/m1/s1. The first-order valence-electron chi connectivity index (χ1n) is 3.84. The van der Waals surface area contributed by atoms with Crippen LogP contribution in [-0.2, 0) is 13.5 Å². The Balaban J connectivity index is 2.39. The summed E-state index contributed by atoms with van der Waals surface area (Å²) >= 11 is 0. The fourth-order valence-electron chi connectivity index (χ4n) is 0.977. The molecule has 0 radical (unpaired) electrons. The highest BCUT2D eigenvalue weighted by Gasteiger charge is 1.98. The zero-order valence-corrected chi connectivity index (χ0v) is 6.99. The lowest BCUT2D eigenvalue weighted by atomic mass is 10.1. The second-order valence-corrected chi connectivity index (χ2v) is 2.91. The van der Waals surface area contributed by atoms with Crippen molar-refractivity contribution < 1.29 is 5.11 Å². The van der Waals surface area contributed by atoms with Crippen LogP contribution < -0.4 is 0 Å². The smallest absolute Gasteiger partial charge is 0.0521 e. The van der Waals surface area contributed by atoms with Crippen molar-refractivity contribution in [3.05, 3.63) is 18.0 Å². The molecule has 11 heavy (non-hydrogen) atoms. The molecule has 0 fully saturated rings. The second-order valence-electron chi connectivity index (χ2n) is 2.91. The summed E-state index contributed by atoms with van der Waals surface area (Å²) < 4.78 is 1.78. The number of aromatic nitrogens is 2. The van der Waals surface area contributed by atoms with Crippen molar-refractivity contribution >= 4 is 0 Å². The quantitative estimate of drug-likeness (QED) is 0.697. The molecule has 3 nitrogen and oxygen atoms in total. The molecule has 1 atom stereocenters. The van der Waals surface area contributed by atoms with Crippen LogP contribution in [0.3, 0.4) is 0 Å². The van der Waals surface area contributed by atoms with E-state index in [1.807, 2.05) is 19.4 Å². The second kappa shape index (κ2) is 3.53. The summed E-state index contributed by atoms with van der Waals surface area (Å²) in [5.41, 5.74) is 1.19. The van der Waals surface area contributed by atoms with Crippen molar-refractivity contribution in [2.24, 2.45) is 7.05 Å². The Hall–Kier alpha value is -0.830. The van der Waals surface area contributed by atoms with Crippen LogP contribution in [-0.4, -0.2) is 21.0 Å². The lowest BCUT2D eigenvalue weighted by molar-refractivity contribution is 0.185. The van der Waals surface area contributed by atoms with Crippen molar-refractivity contribution in [1.82, 2.24) is 9.78 Å². The molecule has 62 valence electrons. The minimum absolute atomic E-state index is 0.213. The summed E-state index contributed by atoms with van der Waals surface area (Å²) in [6, 6.07) is 0. The zero-order valence-electron chi connectivity index (χ0n) is 6.99. The van der Waals surface area contributed by atoms with Gasteiger partial charge in [-0.15, -0.1) is 0 Å². The predicted octanol–water partition coefficient (Wildman–Crippen LogP) is 0.734. The number of aliphatic hydroxyl groups excluding tert-OH is 1. The van der Waals surface area contributed by atoms with Crippen molar-refractivity contribution in [1.29, 1.82) is 0 Å². The lowest BCUT2D eigenvalue weighted by Crippen LogP contribution is -2.00. The first kappa shape index (κ1) is 8.27. The molecule has 3 heteroatoms. The molecule has 0 aliphatic carbocycles. The molecule has 1 N–H and O–H groups in total. The Morgan fingerprint density at radius 3 is 2.91 bits per heavy atom.